The fourth-order valence-corrected chi connectivity index (χ4v) is 3.05. The van der Waals surface area contributed by atoms with Gasteiger partial charge >= 0.3 is 0 Å². The van der Waals surface area contributed by atoms with E-state index in [4.69, 9.17) is 0 Å². The number of non-ortho nitro benzene ring substituents is 2. The molecule has 0 saturated heterocycles. The van der Waals surface area contributed by atoms with Crippen molar-refractivity contribution in [2.75, 3.05) is 0 Å². The van der Waals surface area contributed by atoms with Gasteiger partial charge < -0.3 is 4.57 Å². The molecule has 10 nitrogen and oxygen atoms in total. The third-order valence-electron chi connectivity index (χ3n) is 4.46. The Morgan fingerprint density at radius 1 is 1.00 bits per heavy atom. The van der Waals surface area contributed by atoms with Gasteiger partial charge in [-0.2, -0.15) is 5.10 Å². The summed E-state index contributed by atoms with van der Waals surface area (Å²) in [7, 11) is 0. The smallest absolute Gasteiger partial charge is 0.271 e. The number of aryl methyl sites for hydroxylation is 1. The summed E-state index contributed by atoms with van der Waals surface area (Å²) in [6.45, 7) is 3.68. The second-order valence-corrected chi connectivity index (χ2v) is 6.45. The lowest BCUT2D eigenvalue weighted by atomic mass is 10.2. The van der Waals surface area contributed by atoms with Gasteiger partial charge in [0.05, 0.1) is 21.7 Å². The first-order valence-corrected chi connectivity index (χ1v) is 8.79. The molecule has 0 atom stereocenters. The van der Waals surface area contributed by atoms with Crippen molar-refractivity contribution in [1.82, 2.24) is 9.99 Å². The molecule has 0 aliphatic carbocycles. The topological polar surface area (TPSA) is 133 Å². The molecule has 0 spiro atoms. The van der Waals surface area contributed by atoms with Crippen molar-refractivity contribution in [3.8, 4) is 5.69 Å². The predicted octanol–water partition coefficient (Wildman–Crippen LogP) is 3.67. The molecule has 0 unspecified atom stereocenters. The van der Waals surface area contributed by atoms with Gasteiger partial charge in [-0.15, -0.1) is 0 Å². The van der Waals surface area contributed by atoms with E-state index in [2.05, 4.69) is 10.5 Å². The molecule has 0 saturated carbocycles. The lowest BCUT2D eigenvalue weighted by Gasteiger charge is -2.09. The Kier molecular flexibility index (Phi) is 5.68. The molecule has 2 aromatic carbocycles. The number of hydrazone groups is 1. The van der Waals surface area contributed by atoms with Crippen molar-refractivity contribution in [1.29, 1.82) is 0 Å². The summed E-state index contributed by atoms with van der Waals surface area (Å²) in [5.41, 5.74) is 5.21. The van der Waals surface area contributed by atoms with Gasteiger partial charge in [0, 0.05) is 46.8 Å². The second kappa shape index (κ2) is 8.35. The minimum atomic E-state index is -0.581. The highest BCUT2D eigenvalue weighted by Crippen LogP contribution is 2.23. The third kappa shape index (κ3) is 4.22. The maximum Gasteiger partial charge on any atom is 0.271 e. The Morgan fingerprint density at radius 3 is 2.30 bits per heavy atom. The Hall–Kier alpha value is -4.34. The van der Waals surface area contributed by atoms with Crippen molar-refractivity contribution < 1.29 is 14.6 Å². The SMILES string of the molecule is Cc1cc(/C=N\NC(=O)c2cccc([N+](=O)[O-])c2)c(C)n1-c1cccc([N+](=O)[O-])c1. The molecule has 152 valence electrons. The molecule has 0 fully saturated rings. The Balaban J connectivity index is 1.80. The number of hydrogen-bond acceptors (Lipinski definition) is 6. The maximum absolute atomic E-state index is 12.2. The first-order valence-electron chi connectivity index (χ1n) is 8.79. The number of aromatic nitrogens is 1. The zero-order valence-electron chi connectivity index (χ0n) is 16.1. The van der Waals surface area contributed by atoms with Crippen LogP contribution in [0.1, 0.15) is 27.3 Å². The standard InChI is InChI=1S/C20H17N5O5/c1-13-9-16(14(2)23(13)17-6-4-8-19(11-17)25(29)30)12-21-22-20(26)15-5-3-7-18(10-15)24(27)28/h3-12H,1-2H3,(H,22,26)/b21-12-. The number of nitrogens with zero attached hydrogens (tertiary/aromatic N) is 4. The summed E-state index contributed by atoms with van der Waals surface area (Å²) in [6.07, 6.45) is 1.45. The van der Waals surface area contributed by atoms with E-state index in [0.29, 0.717) is 11.3 Å². The summed E-state index contributed by atoms with van der Waals surface area (Å²) in [5.74, 6) is -0.581. The van der Waals surface area contributed by atoms with E-state index >= 15 is 0 Å². The Morgan fingerprint density at radius 2 is 1.63 bits per heavy atom. The molecule has 1 N–H and O–H groups in total. The van der Waals surface area contributed by atoms with Crippen LogP contribution in [0.15, 0.2) is 59.7 Å². The van der Waals surface area contributed by atoms with Gasteiger partial charge in [-0.1, -0.05) is 12.1 Å². The summed E-state index contributed by atoms with van der Waals surface area (Å²) < 4.78 is 1.84. The molecular formula is C20H17N5O5. The monoisotopic (exact) mass is 407 g/mol. The minimum Gasteiger partial charge on any atom is -0.318 e. The zero-order valence-corrected chi connectivity index (χ0v) is 16.1. The number of rotatable bonds is 6. The lowest BCUT2D eigenvalue weighted by molar-refractivity contribution is -0.385. The fraction of sp³-hybridized carbons (Fsp3) is 0.100. The lowest BCUT2D eigenvalue weighted by Crippen LogP contribution is -2.17. The van der Waals surface area contributed by atoms with E-state index in [0.717, 1.165) is 11.4 Å². The molecule has 3 aromatic rings. The van der Waals surface area contributed by atoms with E-state index < -0.39 is 15.8 Å². The molecule has 1 amide bonds. The Bertz CT molecular complexity index is 1180. The van der Waals surface area contributed by atoms with Gasteiger partial charge in [0.25, 0.3) is 17.3 Å². The van der Waals surface area contributed by atoms with Crippen LogP contribution in [-0.4, -0.2) is 26.5 Å². The van der Waals surface area contributed by atoms with Crippen LogP contribution < -0.4 is 5.43 Å². The fourth-order valence-electron chi connectivity index (χ4n) is 3.05. The zero-order chi connectivity index (χ0) is 21.8. The van der Waals surface area contributed by atoms with E-state index in [1.54, 1.807) is 12.1 Å². The third-order valence-corrected chi connectivity index (χ3v) is 4.46. The average molecular weight is 407 g/mol. The number of amides is 1. The molecule has 3 rings (SSSR count). The van der Waals surface area contributed by atoms with Crippen molar-refractivity contribution in [2.24, 2.45) is 5.10 Å². The van der Waals surface area contributed by atoms with Gasteiger partial charge in [-0.05, 0) is 32.0 Å². The van der Waals surface area contributed by atoms with Gasteiger partial charge in [-0.3, -0.25) is 25.0 Å². The largest absolute Gasteiger partial charge is 0.318 e. The molecule has 1 heterocycles. The van der Waals surface area contributed by atoms with Crippen molar-refractivity contribution in [3.63, 3.8) is 0 Å². The molecule has 0 bridgehead atoms. The van der Waals surface area contributed by atoms with Gasteiger partial charge in [-0.25, -0.2) is 5.43 Å². The highest BCUT2D eigenvalue weighted by atomic mass is 16.6. The van der Waals surface area contributed by atoms with Gasteiger partial charge in [0.15, 0.2) is 0 Å². The van der Waals surface area contributed by atoms with Crippen LogP contribution in [0.5, 0.6) is 0 Å². The van der Waals surface area contributed by atoms with Crippen LogP contribution in [0.3, 0.4) is 0 Å². The molecule has 0 aliphatic heterocycles. The molecule has 30 heavy (non-hydrogen) atoms. The molecule has 0 aliphatic rings. The van der Waals surface area contributed by atoms with E-state index in [-0.39, 0.29) is 16.9 Å². The number of nitrogens with one attached hydrogen (secondary N) is 1. The summed E-state index contributed by atoms with van der Waals surface area (Å²) in [5, 5.41) is 25.8. The predicted molar refractivity (Wildman–Crippen MR) is 110 cm³/mol. The minimum absolute atomic E-state index is 0.0144. The average Bonchev–Trinajstić information content (AvgIpc) is 3.01. The molecule has 1 aromatic heterocycles. The van der Waals surface area contributed by atoms with Crippen LogP contribution in [0.2, 0.25) is 0 Å². The summed E-state index contributed by atoms with van der Waals surface area (Å²) in [6, 6.07) is 13.4. The quantitative estimate of drug-likeness (QED) is 0.378. The highest BCUT2D eigenvalue weighted by molar-refractivity contribution is 5.95. The normalized spacial score (nSPS) is 10.9. The first-order chi connectivity index (χ1) is 14.3. The Labute approximate surface area is 170 Å². The van der Waals surface area contributed by atoms with Crippen LogP contribution in [0, 0.1) is 34.1 Å². The van der Waals surface area contributed by atoms with Crippen LogP contribution in [0.25, 0.3) is 5.69 Å². The molecular weight excluding hydrogens is 390 g/mol. The number of benzene rings is 2. The van der Waals surface area contributed by atoms with E-state index in [1.165, 1.54) is 42.6 Å². The van der Waals surface area contributed by atoms with Crippen molar-refractivity contribution in [2.45, 2.75) is 13.8 Å². The number of nitro benzene ring substituents is 2. The summed E-state index contributed by atoms with van der Waals surface area (Å²) >= 11 is 0. The van der Waals surface area contributed by atoms with Crippen LogP contribution in [0.4, 0.5) is 11.4 Å². The molecule has 10 heteroatoms. The maximum atomic E-state index is 12.2. The first kappa shape index (κ1) is 20.4. The van der Waals surface area contributed by atoms with E-state index in [1.807, 2.05) is 24.5 Å². The number of carbonyl (C=O) groups is 1. The van der Waals surface area contributed by atoms with Crippen molar-refractivity contribution >= 4 is 23.5 Å². The van der Waals surface area contributed by atoms with Crippen LogP contribution >= 0.6 is 0 Å². The number of nitro groups is 2. The second-order valence-electron chi connectivity index (χ2n) is 6.45. The van der Waals surface area contributed by atoms with Gasteiger partial charge in [0.1, 0.15) is 0 Å². The summed E-state index contributed by atoms with van der Waals surface area (Å²) in [4.78, 5) is 33.0. The van der Waals surface area contributed by atoms with Crippen LogP contribution in [-0.2, 0) is 0 Å². The number of hydrogen-bond donors (Lipinski definition) is 1. The van der Waals surface area contributed by atoms with E-state index in [9.17, 15) is 25.0 Å². The number of carbonyl (C=O) groups excluding carboxylic acids is 1. The molecule has 0 radical (unpaired) electrons. The van der Waals surface area contributed by atoms with Gasteiger partial charge in [0.2, 0.25) is 0 Å². The van der Waals surface area contributed by atoms with Crippen molar-refractivity contribution in [3.05, 3.63) is 97.3 Å². The highest BCUT2D eigenvalue weighted by Gasteiger charge is 2.13.